The molecular weight excluding hydrogens is 292 g/mol. The second kappa shape index (κ2) is 7.34. The summed E-state index contributed by atoms with van der Waals surface area (Å²) in [6.45, 7) is 6.98. The number of hydrogen-bond donors (Lipinski definition) is 3. The molecule has 1 aliphatic carbocycles. The van der Waals surface area contributed by atoms with Gasteiger partial charge in [-0.25, -0.2) is 4.79 Å². The average Bonchev–Trinajstić information content (AvgIpc) is 2.95. The fourth-order valence-electron chi connectivity index (χ4n) is 3.25. The van der Waals surface area contributed by atoms with Crippen LogP contribution < -0.4 is 10.6 Å². The molecule has 1 saturated carbocycles. The lowest BCUT2D eigenvalue weighted by Gasteiger charge is -2.37. The Hall–Kier alpha value is -1.56. The van der Waals surface area contributed by atoms with Crippen LogP contribution in [0.1, 0.15) is 59.3 Å². The Morgan fingerprint density at radius 3 is 2.61 bits per heavy atom. The highest BCUT2D eigenvalue weighted by Gasteiger charge is 2.31. The first-order valence-electron chi connectivity index (χ1n) is 8.56. The third kappa shape index (κ3) is 4.96. The molecule has 0 aliphatic heterocycles. The number of urea groups is 1. The van der Waals surface area contributed by atoms with Crippen molar-refractivity contribution in [2.45, 2.75) is 64.8 Å². The summed E-state index contributed by atoms with van der Waals surface area (Å²) in [6.07, 6.45) is 10.0. The van der Waals surface area contributed by atoms with Gasteiger partial charge < -0.3 is 15.7 Å². The Bertz CT molecular complexity index is 507. The molecule has 130 valence electrons. The van der Waals surface area contributed by atoms with E-state index in [0.717, 1.165) is 19.3 Å². The number of aromatic nitrogens is 2. The fraction of sp³-hybridized carbons (Fsp3) is 0.765. The van der Waals surface area contributed by atoms with Crippen molar-refractivity contribution in [3.05, 3.63) is 12.4 Å². The Labute approximate surface area is 138 Å². The molecule has 2 rings (SSSR count). The maximum Gasteiger partial charge on any atom is 0.319 e. The van der Waals surface area contributed by atoms with E-state index in [1.54, 1.807) is 6.20 Å². The second-order valence-electron chi connectivity index (χ2n) is 7.69. The van der Waals surface area contributed by atoms with Crippen LogP contribution in [-0.4, -0.2) is 34.1 Å². The molecule has 1 fully saturated rings. The molecule has 6 heteroatoms. The molecule has 0 unspecified atom stereocenters. The highest BCUT2D eigenvalue weighted by atomic mass is 16.3. The third-order valence-electron chi connectivity index (χ3n) is 4.71. The zero-order valence-corrected chi connectivity index (χ0v) is 14.6. The summed E-state index contributed by atoms with van der Waals surface area (Å²) >= 11 is 0. The van der Waals surface area contributed by atoms with E-state index >= 15 is 0 Å². The van der Waals surface area contributed by atoms with Crippen molar-refractivity contribution in [2.24, 2.45) is 5.41 Å². The van der Waals surface area contributed by atoms with Gasteiger partial charge in [0.25, 0.3) is 0 Å². The van der Waals surface area contributed by atoms with Crippen molar-refractivity contribution in [2.75, 3.05) is 18.5 Å². The summed E-state index contributed by atoms with van der Waals surface area (Å²) in [5.41, 5.74) is 0.640. The van der Waals surface area contributed by atoms with E-state index < -0.39 is 0 Å². The molecule has 3 N–H and O–H groups in total. The zero-order valence-electron chi connectivity index (χ0n) is 14.6. The van der Waals surface area contributed by atoms with E-state index in [2.05, 4.69) is 36.5 Å². The SMILES string of the molecule is CC(C)(C)n1cc(NC(=O)NCC2(CCO)CCCCC2)cn1. The Kier molecular flexibility index (Phi) is 5.68. The molecule has 6 nitrogen and oxygen atoms in total. The van der Waals surface area contributed by atoms with Gasteiger partial charge in [-0.05, 0) is 45.4 Å². The predicted molar refractivity (Wildman–Crippen MR) is 91.5 cm³/mol. The number of carbonyl (C=O) groups excluding carboxylic acids is 1. The highest BCUT2D eigenvalue weighted by Crippen LogP contribution is 2.38. The number of nitrogens with zero attached hydrogens (tertiary/aromatic N) is 2. The number of rotatable bonds is 5. The molecule has 0 aromatic carbocycles. The Morgan fingerprint density at radius 2 is 2.04 bits per heavy atom. The van der Waals surface area contributed by atoms with Gasteiger partial charge in [-0.1, -0.05) is 19.3 Å². The summed E-state index contributed by atoms with van der Waals surface area (Å²) < 4.78 is 1.83. The molecule has 0 saturated heterocycles. The zero-order chi connectivity index (χ0) is 16.9. The third-order valence-corrected chi connectivity index (χ3v) is 4.71. The van der Waals surface area contributed by atoms with Crippen molar-refractivity contribution < 1.29 is 9.90 Å². The lowest BCUT2D eigenvalue weighted by atomic mass is 9.72. The molecule has 0 radical (unpaired) electrons. The number of anilines is 1. The summed E-state index contributed by atoms with van der Waals surface area (Å²) in [7, 11) is 0. The molecule has 1 aromatic rings. The molecule has 1 aliphatic rings. The van der Waals surface area contributed by atoms with Gasteiger partial charge in [0, 0.05) is 19.3 Å². The number of amides is 2. The molecular formula is C17H30N4O2. The summed E-state index contributed by atoms with van der Waals surface area (Å²) in [4.78, 5) is 12.1. The molecule has 1 heterocycles. The second-order valence-corrected chi connectivity index (χ2v) is 7.69. The van der Waals surface area contributed by atoms with E-state index in [1.165, 1.54) is 19.3 Å². The standard InChI is InChI=1S/C17H30N4O2/c1-16(2,3)21-12-14(11-19-21)20-15(23)18-13-17(9-10-22)7-5-4-6-8-17/h11-12,22H,4-10,13H2,1-3H3,(H2,18,20,23). The first-order chi connectivity index (χ1) is 10.8. The molecule has 2 amide bonds. The largest absolute Gasteiger partial charge is 0.396 e. The van der Waals surface area contributed by atoms with Crippen LogP contribution >= 0.6 is 0 Å². The minimum absolute atomic E-state index is 0.0555. The summed E-state index contributed by atoms with van der Waals surface area (Å²) in [6, 6.07) is -0.207. The number of aliphatic hydroxyl groups excluding tert-OH is 1. The van der Waals surface area contributed by atoms with Gasteiger partial charge >= 0.3 is 6.03 Å². The van der Waals surface area contributed by atoms with E-state index in [4.69, 9.17) is 0 Å². The molecule has 1 aromatic heterocycles. The van der Waals surface area contributed by atoms with Crippen LogP contribution in [0.15, 0.2) is 12.4 Å². The van der Waals surface area contributed by atoms with Crippen LogP contribution in [0.25, 0.3) is 0 Å². The van der Waals surface area contributed by atoms with Crippen LogP contribution in [0.4, 0.5) is 10.5 Å². The minimum Gasteiger partial charge on any atom is -0.396 e. The summed E-state index contributed by atoms with van der Waals surface area (Å²) in [5, 5.41) is 19.4. The van der Waals surface area contributed by atoms with Gasteiger partial charge in [0.1, 0.15) is 0 Å². The normalized spacial score (nSPS) is 17.7. The van der Waals surface area contributed by atoms with Gasteiger partial charge in [-0.2, -0.15) is 5.10 Å². The van der Waals surface area contributed by atoms with Gasteiger partial charge in [0.2, 0.25) is 0 Å². The van der Waals surface area contributed by atoms with Crippen molar-refractivity contribution in [3.8, 4) is 0 Å². The van der Waals surface area contributed by atoms with Crippen molar-refractivity contribution in [1.29, 1.82) is 0 Å². The van der Waals surface area contributed by atoms with E-state index in [1.807, 2.05) is 10.9 Å². The minimum atomic E-state index is -0.207. The first kappa shape index (κ1) is 17.8. The van der Waals surface area contributed by atoms with E-state index in [0.29, 0.717) is 12.2 Å². The van der Waals surface area contributed by atoms with Crippen molar-refractivity contribution in [1.82, 2.24) is 15.1 Å². The van der Waals surface area contributed by atoms with Crippen LogP contribution in [0.3, 0.4) is 0 Å². The van der Waals surface area contributed by atoms with Crippen molar-refractivity contribution >= 4 is 11.7 Å². The smallest absolute Gasteiger partial charge is 0.319 e. The number of carbonyl (C=O) groups is 1. The lowest BCUT2D eigenvalue weighted by Crippen LogP contribution is -2.41. The predicted octanol–water partition coefficient (Wildman–Crippen LogP) is 3.09. The number of nitrogens with one attached hydrogen (secondary N) is 2. The molecule has 23 heavy (non-hydrogen) atoms. The maximum absolute atomic E-state index is 12.1. The first-order valence-corrected chi connectivity index (χ1v) is 8.56. The number of hydrogen-bond acceptors (Lipinski definition) is 3. The van der Waals surface area contributed by atoms with Crippen LogP contribution in [0.2, 0.25) is 0 Å². The monoisotopic (exact) mass is 322 g/mol. The van der Waals surface area contributed by atoms with Gasteiger partial charge in [0.05, 0.1) is 17.4 Å². The average molecular weight is 322 g/mol. The maximum atomic E-state index is 12.1. The quantitative estimate of drug-likeness (QED) is 0.779. The van der Waals surface area contributed by atoms with Gasteiger partial charge in [0.15, 0.2) is 0 Å². The molecule has 0 bridgehead atoms. The molecule has 0 spiro atoms. The van der Waals surface area contributed by atoms with Crippen LogP contribution in [-0.2, 0) is 5.54 Å². The van der Waals surface area contributed by atoms with Crippen LogP contribution in [0, 0.1) is 5.41 Å². The molecule has 0 atom stereocenters. The fourth-order valence-corrected chi connectivity index (χ4v) is 3.25. The summed E-state index contributed by atoms with van der Waals surface area (Å²) in [5.74, 6) is 0. The van der Waals surface area contributed by atoms with Gasteiger partial charge in [-0.15, -0.1) is 0 Å². The van der Waals surface area contributed by atoms with Crippen LogP contribution in [0.5, 0.6) is 0 Å². The number of aliphatic hydroxyl groups is 1. The Balaban J connectivity index is 1.87. The van der Waals surface area contributed by atoms with E-state index in [9.17, 15) is 9.90 Å². The van der Waals surface area contributed by atoms with E-state index in [-0.39, 0.29) is 23.6 Å². The van der Waals surface area contributed by atoms with Gasteiger partial charge in [-0.3, -0.25) is 4.68 Å². The van der Waals surface area contributed by atoms with Crippen molar-refractivity contribution in [3.63, 3.8) is 0 Å². The highest BCUT2D eigenvalue weighted by molar-refractivity contribution is 5.88. The Morgan fingerprint density at radius 1 is 1.35 bits per heavy atom. The lowest BCUT2D eigenvalue weighted by molar-refractivity contribution is 0.128. The topological polar surface area (TPSA) is 79.2 Å².